The number of carbonyl (C=O) groups excluding carboxylic acids is 1. The molecule has 1 fully saturated rings. The first-order valence-corrected chi connectivity index (χ1v) is 9.88. The Morgan fingerprint density at radius 1 is 1.13 bits per heavy atom. The van der Waals surface area contributed by atoms with E-state index in [1.807, 2.05) is 0 Å². The van der Waals surface area contributed by atoms with Gasteiger partial charge in [-0.15, -0.1) is 15.3 Å². The van der Waals surface area contributed by atoms with Crippen LogP contribution in [-0.4, -0.2) is 45.4 Å². The van der Waals surface area contributed by atoms with Gasteiger partial charge in [-0.05, 0) is 49.1 Å². The smallest absolute Gasteiger partial charge is 0.355 e. The molecule has 11 heteroatoms. The number of anilines is 1. The molecule has 0 radical (unpaired) electrons. The first-order valence-electron chi connectivity index (χ1n) is 9.88. The van der Waals surface area contributed by atoms with Crippen molar-refractivity contribution in [2.75, 3.05) is 24.5 Å². The molecule has 0 bridgehead atoms. The number of hydrogen-bond donors (Lipinski definition) is 1. The van der Waals surface area contributed by atoms with Gasteiger partial charge in [0.15, 0.2) is 5.65 Å². The number of fused-ring (bicyclic) bond motifs is 1. The zero-order valence-corrected chi connectivity index (χ0v) is 16.4. The third-order valence-corrected chi connectivity index (χ3v) is 5.24. The molecule has 3 heterocycles. The van der Waals surface area contributed by atoms with Crippen LogP contribution >= 0.6 is 0 Å². The van der Waals surface area contributed by atoms with Crippen LogP contribution in [-0.2, 0) is 17.4 Å². The van der Waals surface area contributed by atoms with Gasteiger partial charge < -0.3 is 10.2 Å². The van der Waals surface area contributed by atoms with Crippen molar-refractivity contribution in [2.24, 2.45) is 5.92 Å². The van der Waals surface area contributed by atoms with Crippen LogP contribution in [0.1, 0.15) is 24.2 Å². The summed E-state index contributed by atoms with van der Waals surface area (Å²) in [4.78, 5) is 14.4. The predicted molar refractivity (Wildman–Crippen MR) is 104 cm³/mol. The molecule has 1 N–H and O–H groups in total. The van der Waals surface area contributed by atoms with E-state index in [9.17, 15) is 22.4 Å². The first kappa shape index (κ1) is 21.0. The Morgan fingerprint density at radius 3 is 2.65 bits per heavy atom. The lowest BCUT2D eigenvalue weighted by atomic mass is 9.97. The third-order valence-electron chi connectivity index (χ3n) is 5.24. The molecule has 1 aromatic carbocycles. The Kier molecular flexibility index (Phi) is 5.75. The van der Waals surface area contributed by atoms with E-state index in [4.69, 9.17) is 0 Å². The third kappa shape index (κ3) is 4.75. The highest BCUT2D eigenvalue weighted by Crippen LogP contribution is 2.28. The molecule has 1 aliphatic rings. The number of alkyl halides is 3. The molecule has 3 aromatic rings. The first-order chi connectivity index (χ1) is 14.8. The molecular weight excluding hydrogens is 416 g/mol. The summed E-state index contributed by atoms with van der Waals surface area (Å²) >= 11 is 0. The van der Waals surface area contributed by atoms with Crippen LogP contribution < -0.4 is 10.2 Å². The number of aromatic nitrogens is 4. The van der Waals surface area contributed by atoms with E-state index in [2.05, 4.69) is 20.6 Å². The molecule has 2 aromatic heterocycles. The monoisotopic (exact) mass is 436 g/mol. The Balaban J connectivity index is 1.39. The van der Waals surface area contributed by atoms with Crippen LogP contribution in [0.5, 0.6) is 0 Å². The van der Waals surface area contributed by atoms with Crippen molar-refractivity contribution in [3.8, 4) is 0 Å². The van der Waals surface area contributed by atoms with Crippen LogP contribution in [0, 0.1) is 11.7 Å². The van der Waals surface area contributed by atoms with Gasteiger partial charge in [-0.2, -0.15) is 17.7 Å². The number of amides is 1. The zero-order valence-electron chi connectivity index (χ0n) is 16.4. The molecule has 1 atom stereocenters. The molecule has 4 rings (SSSR count). The van der Waals surface area contributed by atoms with E-state index in [1.165, 1.54) is 18.2 Å². The average Bonchev–Trinajstić information content (AvgIpc) is 3.19. The minimum Gasteiger partial charge on any atom is -0.355 e. The topological polar surface area (TPSA) is 75.4 Å². The Labute approximate surface area is 175 Å². The van der Waals surface area contributed by atoms with Crippen LogP contribution in [0.25, 0.3) is 5.65 Å². The molecule has 1 saturated heterocycles. The van der Waals surface area contributed by atoms with Crippen molar-refractivity contribution in [2.45, 2.75) is 25.4 Å². The summed E-state index contributed by atoms with van der Waals surface area (Å²) in [7, 11) is 0. The maximum atomic E-state index is 13.1. The van der Waals surface area contributed by atoms with Gasteiger partial charge in [0.1, 0.15) is 11.6 Å². The Bertz CT molecular complexity index is 1070. The molecule has 0 saturated carbocycles. The fourth-order valence-corrected chi connectivity index (χ4v) is 3.65. The van der Waals surface area contributed by atoms with Crippen molar-refractivity contribution >= 4 is 17.4 Å². The maximum Gasteiger partial charge on any atom is 0.453 e. The van der Waals surface area contributed by atoms with Gasteiger partial charge in [0.25, 0.3) is 5.82 Å². The second kappa shape index (κ2) is 8.48. The van der Waals surface area contributed by atoms with E-state index >= 15 is 0 Å². The van der Waals surface area contributed by atoms with E-state index < -0.39 is 12.0 Å². The van der Waals surface area contributed by atoms with Crippen molar-refractivity contribution in [3.05, 3.63) is 53.6 Å². The Morgan fingerprint density at radius 2 is 1.90 bits per heavy atom. The van der Waals surface area contributed by atoms with E-state index in [0.29, 0.717) is 49.2 Å². The van der Waals surface area contributed by atoms with E-state index in [-0.39, 0.29) is 23.3 Å². The highest BCUT2D eigenvalue weighted by Gasteiger charge is 2.38. The minimum atomic E-state index is -4.67. The van der Waals surface area contributed by atoms with E-state index in [0.717, 1.165) is 5.56 Å². The standard InChI is InChI=1S/C20H20F4N6O/c21-15-5-3-13(4-6-15)9-10-25-18(31)14-2-1-11-29(12-14)17-8-7-16-26-27-19(20(22,23)24)30(16)28-17/h3-8,14H,1-2,9-12H2,(H,25,31). The minimum absolute atomic E-state index is 0.00294. The lowest BCUT2D eigenvalue weighted by molar-refractivity contribution is -0.146. The molecule has 0 aliphatic carbocycles. The number of carbonyl (C=O) groups is 1. The lowest BCUT2D eigenvalue weighted by Gasteiger charge is -2.32. The molecular formula is C20H20F4N6O. The van der Waals surface area contributed by atoms with Crippen LogP contribution in [0.3, 0.4) is 0 Å². The van der Waals surface area contributed by atoms with Gasteiger partial charge in [-0.1, -0.05) is 12.1 Å². The fraction of sp³-hybridized carbons (Fsp3) is 0.400. The molecule has 164 valence electrons. The Hall–Kier alpha value is -3.24. The molecule has 7 nitrogen and oxygen atoms in total. The molecule has 1 amide bonds. The summed E-state index contributed by atoms with van der Waals surface area (Å²) in [6.07, 6.45) is -2.69. The quantitative estimate of drug-likeness (QED) is 0.623. The van der Waals surface area contributed by atoms with Gasteiger partial charge in [-0.3, -0.25) is 4.79 Å². The number of piperidine rings is 1. The second-order valence-corrected chi connectivity index (χ2v) is 7.44. The van der Waals surface area contributed by atoms with E-state index in [1.54, 1.807) is 23.1 Å². The zero-order chi connectivity index (χ0) is 22.0. The number of nitrogens with one attached hydrogen (secondary N) is 1. The molecule has 0 spiro atoms. The van der Waals surface area contributed by atoms with Crippen LogP contribution in [0.15, 0.2) is 36.4 Å². The van der Waals surface area contributed by atoms with Crippen molar-refractivity contribution in [1.29, 1.82) is 0 Å². The van der Waals surface area contributed by atoms with Gasteiger partial charge in [0, 0.05) is 19.6 Å². The SMILES string of the molecule is O=C(NCCc1ccc(F)cc1)C1CCCN(c2ccc3nnc(C(F)(F)F)n3n2)C1. The van der Waals surface area contributed by atoms with Crippen LogP contribution in [0.2, 0.25) is 0 Å². The maximum absolute atomic E-state index is 13.1. The summed E-state index contributed by atoms with van der Waals surface area (Å²) in [5.74, 6) is -1.58. The number of halogens is 4. The highest BCUT2D eigenvalue weighted by atomic mass is 19.4. The molecule has 1 unspecified atom stereocenters. The van der Waals surface area contributed by atoms with Gasteiger partial charge in [0.05, 0.1) is 5.92 Å². The predicted octanol–water partition coefficient (Wildman–Crippen LogP) is 2.86. The largest absolute Gasteiger partial charge is 0.453 e. The number of hydrogen-bond acceptors (Lipinski definition) is 5. The van der Waals surface area contributed by atoms with Gasteiger partial charge in [0.2, 0.25) is 5.91 Å². The number of rotatable bonds is 5. The summed E-state index contributed by atoms with van der Waals surface area (Å²) in [5.41, 5.74) is 0.919. The molecule has 1 aliphatic heterocycles. The van der Waals surface area contributed by atoms with Gasteiger partial charge in [-0.25, -0.2) is 4.39 Å². The fourth-order valence-electron chi connectivity index (χ4n) is 3.65. The summed E-state index contributed by atoms with van der Waals surface area (Å²) < 4.78 is 53.0. The molecule has 31 heavy (non-hydrogen) atoms. The van der Waals surface area contributed by atoms with Crippen molar-refractivity contribution in [3.63, 3.8) is 0 Å². The lowest BCUT2D eigenvalue weighted by Crippen LogP contribution is -2.44. The number of nitrogens with zero attached hydrogens (tertiary/aromatic N) is 5. The van der Waals surface area contributed by atoms with Crippen LogP contribution in [0.4, 0.5) is 23.4 Å². The summed E-state index contributed by atoms with van der Waals surface area (Å²) in [6, 6.07) is 9.10. The van der Waals surface area contributed by atoms with Crippen molar-refractivity contribution < 1.29 is 22.4 Å². The summed E-state index contributed by atoms with van der Waals surface area (Å²) in [5, 5.41) is 13.6. The second-order valence-electron chi connectivity index (χ2n) is 7.44. The summed E-state index contributed by atoms with van der Waals surface area (Å²) in [6.45, 7) is 1.35. The van der Waals surface area contributed by atoms with Crippen molar-refractivity contribution in [1.82, 2.24) is 25.1 Å². The number of benzene rings is 1. The normalized spacial score (nSPS) is 17.2. The highest BCUT2D eigenvalue weighted by molar-refractivity contribution is 5.79. The average molecular weight is 436 g/mol. The van der Waals surface area contributed by atoms with Gasteiger partial charge >= 0.3 is 6.18 Å².